The monoisotopic (exact) mass is 228 g/mol. The highest BCUT2D eigenvalue weighted by Crippen LogP contribution is 2.44. The molecule has 84 valence electrons. The number of anilines is 1. The van der Waals surface area contributed by atoms with Gasteiger partial charge in [-0.3, -0.25) is 0 Å². The van der Waals surface area contributed by atoms with Crippen molar-refractivity contribution in [3.05, 3.63) is 18.1 Å². The second-order valence-corrected chi connectivity index (χ2v) is 2.47. The molecule has 1 aromatic heterocycles. The average Bonchev–Trinajstić information content (AvgIpc) is 2.16. The molecule has 1 aromatic rings. The summed E-state index contributed by atoms with van der Waals surface area (Å²) in [5, 5.41) is 0. The number of nitrogens with one attached hydrogen (secondary N) is 1. The lowest BCUT2D eigenvalue weighted by Crippen LogP contribution is -2.36. The number of nitrogens with zero attached hydrogens (tertiary/aromatic N) is 2. The summed E-state index contributed by atoms with van der Waals surface area (Å²) in [5.74, 6) is -1.18. The molecule has 3 N–H and O–H groups in total. The molecule has 0 spiro atoms. The Morgan fingerprint density at radius 1 is 1.07 bits per heavy atom. The average molecular weight is 228 g/mol. The standard InChI is InChI=1S/C6H5F5N4/c7-5(8,6(9,10)11)3-4(15-12)14-2-1-13-3/h1-2H,12H2,(H,14,15). The fourth-order valence-corrected chi connectivity index (χ4v) is 0.808. The van der Waals surface area contributed by atoms with Gasteiger partial charge in [0.15, 0.2) is 11.5 Å². The first-order valence-electron chi connectivity index (χ1n) is 3.53. The van der Waals surface area contributed by atoms with E-state index < -0.39 is 23.6 Å². The number of alkyl halides is 5. The van der Waals surface area contributed by atoms with Gasteiger partial charge in [-0.25, -0.2) is 15.8 Å². The Labute approximate surface area is 80.3 Å². The van der Waals surface area contributed by atoms with Gasteiger partial charge < -0.3 is 5.43 Å². The largest absolute Gasteiger partial charge is 0.459 e. The normalized spacial score (nSPS) is 12.7. The zero-order chi connectivity index (χ0) is 11.7. The van der Waals surface area contributed by atoms with E-state index in [1.807, 2.05) is 0 Å². The van der Waals surface area contributed by atoms with Gasteiger partial charge in [0.1, 0.15) is 0 Å². The Bertz CT molecular complexity index is 350. The highest BCUT2D eigenvalue weighted by Gasteiger charge is 2.61. The van der Waals surface area contributed by atoms with E-state index in [1.54, 1.807) is 5.43 Å². The molecule has 0 fully saturated rings. The number of hydrogen-bond donors (Lipinski definition) is 2. The quantitative estimate of drug-likeness (QED) is 0.456. The molecule has 15 heavy (non-hydrogen) atoms. The van der Waals surface area contributed by atoms with Gasteiger partial charge in [-0.15, -0.1) is 0 Å². The van der Waals surface area contributed by atoms with Crippen LogP contribution in [0.5, 0.6) is 0 Å². The molecule has 1 heterocycles. The van der Waals surface area contributed by atoms with Gasteiger partial charge in [0.25, 0.3) is 0 Å². The smallest absolute Gasteiger partial charge is 0.307 e. The van der Waals surface area contributed by atoms with E-state index >= 15 is 0 Å². The maximum atomic E-state index is 12.8. The number of hydrazine groups is 1. The molecule has 0 aliphatic carbocycles. The lowest BCUT2D eigenvalue weighted by molar-refractivity contribution is -0.290. The molecule has 4 nitrogen and oxygen atoms in total. The summed E-state index contributed by atoms with van der Waals surface area (Å²) in [6.07, 6.45) is -4.09. The van der Waals surface area contributed by atoms with Crippen LogP contribution in [0.1, 0.15) is 5.69 Å². The van der Waals surface area contributed by atoms with Crippen molar-refractivity contribution < 1.29 is 22.0 Å². The van der Waals surface area contributed by atoms with E-state index in [9.17, 15) is 22.0 Å². The van der Waals surface area contributed by atoms with Crippen molar-refractivity contribution in [3.8, 4) is 0 Å². The van der Waals surface area contributed by atoms with Crippen molar-refractivity contribution in [1.29, 1.82) is 0 Å². The first-order valence-corrected chi connectivity index (χ1v) is 3.53. The van der Waals surface area contributed by atoms with Crippen LogP contribution in [0.2, 0.25) is 0 Å². The first-order chi connectivity index (χ1) is 6.80. The van der Waals surface area contributed by atoms with Crippen molar-refractivity contribution in [3.63, 3.8) is 0 Å². The fraction of sp³-hybridized carbons (Fsp3) is 0.333. The third kappa shape index (κ3) is 1.96. The lowest BCUT2D eigenvalue weighted by Gasteiger charge is -2.20. The molecule has 0 unspecified atom stereocenters. The maximum Gasteiger partial charge on any atom is 0.459 e. The van der Waals surface area contributed by atoms with Crippen LogP contribution >= 0.6 is 0 Å². The predicted molar refractivity (Wildman–Crippen MR) is 39.8 cm³/mol. The Kier molecular flexibility index (Phi) is 2.75. The van der Waals surface area contributed by atoms with Crippen LogP contribution in [0.25, 0.3) is 0 Å². The highest BCUT2D eigenvalue weighted by molar-refractivity contribution is 5.41. The Morgan fingerprint density at radius 3 is 2.07 bits per heavy atom. The van der Waals surface area contributed by atoms with Gasteiger partial charge >= 0.3 is 12.1 Å². The molecule has 0 aromatic carbocycles. The van der Waals surface area contributed by atoms with Crippen molar-refractivity contribution in [2.24, 2.45) is 5.84 Å². The van der Waals surface area contributed by atoms with Crippen LogP contribution in [-0.2, 0) is 5.92 Å². The van der Waals surface area contributed by atoms with E-state index in [2.05, 4.69) is 9.97 Å². The summed E-state index contributed by atoms with van der Waals surface area (Å²) >= 11 is 0. The second-order valence-electron chi connectivity index (χ2n) is 2.47. The fourth-order valence-electron chi connectivity index (χ4n) is 0.808. The molecule has 0 saturated carbocycles. The van der Waals surface area contributed by atoms with Crippen LogP contribution < -0.4 is 11.3 Å². The number of nitrogen functional groups attached to an aromatic ring is 1. The number of halogens is 5. The van der Waals surface area contributed by atoms with Gasteiger partial charge in [0, 0.05) is 12.4 Å². The van der Waals surface area contributed by atoms with Gasteiger partial charge in [0.2, 0.25) is 0 Å². The summed E-state index contributed by atoms with van der Waals surface area (Å²) in [6, 6.07) is 0. The molecule has 0 aliphatic rings. The van der Waals surface area contributed by atoms with Crippen molar-refractivity contribution in [2.45, 2.75) is 12.1 Å². The molecule has 0 radical (unpaired) electrons. The molecule has 0 saturated heterocycles. The molecule has 0 aliphatic heterocycles. The summed E-state index contributed by atoms with van der Waals surface area (Å²) in [4.78, 5) is 6.11. The molecule has 0 atom stereocenters. The third-order valence-electron chi connectivity index (χ3n) is 1.49. The Balaban J connectivity index is 3.26. The van der Waals surface area contributed by atoms with E-state index in [-0.39, 0.29) is 0 Å². The lowest BCUT2D eigenvalue weighted by atomic mass is 10.2. The van der Waals surface area contributed by atoms with Gasteiger partial charge in [-0.1, -0.05) is 0 Å². The van der Waals surface area contributed by atoms with Crippen LogP contribution in [-0.4, -0.2) is 16.1 Å². The van der Waals surface area contributed by atoms with Crippen LogP contribution in [0.4, 0.5) is 27.8 Å². The zero-order valence-corrected chi connectivity index (χ0v) is 7.02. The minimum Gasteiger partial charge on any atom is -0.307 e. The van der Waals surface area contributed by atoms with E-state index in [4.69, 9.17) is 5.84 Å². The van der Waals surface area contributed by atoms with E-state index in [0.29, 0.717) is 0 Å². The van der Waals surface area contributed by atoms with Crippen molar-refractivity contribution >= 4 is 5.82 Å². The van der Waals surface area contributed by atoms with E-state index in [0.717, 1.165) is 12.4 Å². The van der Waals surface area contributed by atoms with Crippen LogP contribution in [0, 0.1) is 0 Å². The number of aromatic nitrogens is 2. The SMILES string of the molecule is NNc1nccnc1C(F)(F)C(F)(F)F. The van der Waals surface area contributed by atoms with E-state index in [1.165, 1.54) is 0 Å². The third-order valence-corrected chi connectivity index (χ3v) is 1.49. The summed E-state index contributed by atoms with van der Waals surface area (Å²) < 4.78 is 61.4. The molecular weight excluding hydrogens is 223 g/mol. The minimum absolute atomic E-state index is 0.718. The summed E-state index contributed by atoms with van der Waals surface area (Å²) in [6.45, 7) is 0. The topological polar surface area (TPSA) is 63.8 Å². The number of nitrogens with two attached hydrogens (primary N) is 1. The molecular formula is C6H5F5N4. The highest BCUT2D eigenvalue weighted by atomic mass is 19.4. The number of rotatable bonds is 2. The predicted octanol–water partition coefficient (Wildman–Crippen LogP) is 1.42. The molecule has 1 rings (SSSR count). The van der Waals surface area contributed by atoms with Crippen molar-refractivity contribution in [2.75, 3.05) is 5.43 Å². The zero-order valence-electron chi connectivity index (χ0n) is 7.02. The molecule has 0 amide bonds. The number of hydrogen-bond acceptors (Lipinski definition) is 4. The van der Waals surface area contributed by atoms with Gasteiger partial charge in [0.05, 0.1) is 0 Å². The first kappa shape index (κ1) is 11.6. The maximum absolute atomic E-state index is 12.8. The van der Waals surface area contributed by atoms with Crippen LogP contribution in [0.3, 0.4) is 0 Å². The Morgan fingerprint density at radius 2 is 1.60 bits per heavy atom. The summed E-state index contributed by atoms with van der Waals surface area (Å²) in [7, 11) is 0. The minimum atomic E-state index is -5.74. The van der Waals surface area contributed by atoms with Gasteiger partial charge in [-0.2, -0.15) is 22.0 Å². The second kappa shape index (κ2) is 3.57. The molecule has 0 bridgehead atoms. The molecule has 9 heteroatoms. The van der Waals surface area contributed by atoms with Gasteiger partial charge in [-0.05, 0) is 0 Å². The van der Waals surface area contributed by atoms with Crippen molar-refractivity contribution in [1.82, 2.24) is 9.97 Å². The Hall–Kier alpha value is -1.51. The van der Waals surface area contributed by atoms with Crippen LogP contribution in [0.15, 0.2) is 12.4 Å². The summed E-state index contributed by atoms with van der Waals surface area (Å²) in [5.41, 5.74) is 0.0646.